The van der Waals surface area contributed by atoms with E-state index in [1.54, 1.807) is 39.2 Å². The number of rotatable bonds is 9. The standard InChI is InChI=1S/C28H36N4O9/c1-31(2)16-10-13(11-30-7-5-6-17(33)34)22(35)19-14(16)8-12-9-15-21(32(3)4)24(37)20(27(29)40)26(39)28(15,41)25(38)18(12)23(19)36/h10,12,15,21,30,35,37-38,41H,5-9,11H2,1-4H3,(H2,29,40)(H,33,34)/t12-,15-,21+,28-/m0/s1. The van der Waals surface area contributed by atoms with E-state index in [1.165, 1.54) is 4.90 Å². The van der Waals surface area contributed by atoms with E-state index in [9.17, 15) is 39.6 Å². The Kier molecular flexibility index (Phi) is 7.91. The summed E-state index contributed by atoms with van der Waals surface area (Å²) in [7, 11) is 6.71. The zero-order chi connectivity index (χ0) is 30.5. The van der Waals surface area contributed by atoms with Gasteiger partial charge in [-0.05, 0) is 57.5 Å². The Labute approximate surface area is 236 Å². The van der Waals surface area contributed by atoms with Gasteiger partial charge in [0.2, 0.25) is 5.78 Å². The molecule has 0 aliphatic heterocycles. The van der Waals surface area contributed by atoms with Crippen LogP contribution in [0.1, 0.15) is 40.7 Å². The summed E-state index contributed by atoms with van der Waals surface area (Å²) >= 11 is 0. The van der Waals surface area contributed by atoms with Crippen molar-refractivity contribution >= 4 is 29.1 Å². The molecule has 0 bridgehead atoms. The fourth-order valence-corrected chi connectivity index (χ4v) is 6.47. The first-order valence-electron chi connectivity index (χ1n) is 13.3. The number of amides is 1. The Morgan fingerprint density at radius 1 is 1.15 bits per heavy atom. The number of nitrogens with one attached hydrogen (secondary N) is 1. The van der Waals surface area contributed by atoms with Gasteiger partial charge in [-0.25, -0.2) is 0 Å². The maximum atomic E-state index is 14.0. The van der Waals surface area contributed by atoms with Crippen LogP contribution in [-0.4, -0.2) is 100 Å². The second-order valence-electron chi connectivity index (χ2n) is 11.3. The van der Waals surface area contributed by atoms with Crippen molar-refractivity contribution in [3.63, 3.8) is 0 Å². The molecule has 0 radical (unpaired) electrons. The molecule has 3 aliphatic rings. The molecule has 13 heteroatoms. The first kappa shape index (κ1) is 30.0. The number of aromatic hydroxyl groups is 1. The lowest BCUT2D eigenvalue weighted by molar-refractivity contribution is -0.148. The van der Waals surface area contributed by atoms with Crippen LogP contribution in [0.3, 0.4) is 0 Å². The smallest absolute Gasteiger partial charge is 0.303 e. The lowest BCUT2D eigenvalue weighted by Crippen LogP contribution is -2.63. The highest BCUT2D eigenvalue weighted by molar-refractivity contribution is 6.25. The van der Waals surface area contributed by atoms with E-state index >= 15 is 0 Å². The largest absolute Gasteiger partial charge is 0.510 e. The number of Topliss-reactive ketones (excluding diaryl/α,β-unsaturated/α-hetero) is 2. The molecule has 4 atom stereocenters. The Balaban J connectivity index is 1.83. The van der Waals surface area contributed by atoms with Crippen LogP contribution in [0.5, 0.6) is 5.75 Å². The third kappa shape index (κ3) is 4.73. The summed E-state index contributed by atoms with van der Waals surface area (Å²) in [6.45, 7) is 0.483. The van der Waals surface area contributed by atoms with E-state index in [-0.39, 0.29) is 42.7 Å². The number of aliphatic carboxylic acids is 1. The van der Waals surface area contributed by atoms with Crippen LogP contribution in [0.25, 0.3) is 0 Å². The van der Waals surface area contributed by atoms with Crippen LogP contribution >= 0.6 is 0 Å². The first-order chi connectivity index (χ1) is 19.1. The molecule has 0 saturated heterocycles. The molecule has 222 valence electrons. The molecule has 8 N–H and O–H groups in total. The minimum absolute atomic E-state index is 0.00623. The van der Waals surface area contributed by atoms with Gasteiger partial charge < -0.3 is 41.5 Å². The van der Waals surface area contributed by atoms with Gasteiger partial charge in [0.15, 0.2) is 11.4 Å². The second kappa shape index (κ2) is 10.8. The van der Waals surface area contributed by atoms with E-state index in [0.29, 0.717) is 29.8 Å². The van der Waals surface area contributed by atoms with Gasteiger partial charge in [0, 0.05) is 49.8 Å². The van der Waals surface area contributed by atoms with Gasteiger partial charge in [-0.1, -0.05) is 0 Å². The summed E-state index contributed by atoms with van der Waals surface area (Å²) in [5.74, 6) is -7.88. The highest BCUT2D eigenvalue weighted by Gasteiger charge is 2.63. The van der Waals surface area contributed by atoms with Gasteiger partial charge in [0.1, 0.15) is 22.8 Å². The van der Waals surface area contributed by atoms with Gasteiger partial charge in [0.05, 0.1) is 11.6 Å². The number of hydrogen-bond donors (Lipinski definition) is 7. The topological polar surface area (TPSA) is 214 Å². The number of carboxylic acid groups (broad SMARTS) is 1. The van der Waals surface area contributed by atoms with Crippen molar-refractivity contribution in [1.29, 1.82) is 0 Å². The highest BCUT2D eigenvalue weighted by Crippen LogP contribution is 2.53. The maximum Gasteiger partial charge on any atom is 0.303 e. The monoisotopic (exact) mass is 572 g/mol. The third-order valence-electron chi connectivity index (χ3n) is 8.32. The molecule has 0 saturated carbocycles. The van der Waals surface area contributed by atoms with Crippen molar-refractivity contribution in [3.05, 3.63) is 45.4 Å². The number of benzene rings is 1. The molecule has 4 rings (SSSR count). The lowest BCUT2D eigenvalue weighted by atomic mass is 9.58. The minimum Gasteiger partial charge on any atom is -0.510 e. The molecule has 1 aromatic carbocycles. The zero-order valence-electron chi connectivity index (χ0n) is 23.4. The maximum absolute atomic E-state index is 14.0. The number of anilines is 1. The summed E-state index contributed by atoms with van der Waals surface area (Å²) in [6, 6.07) is 0.677. The van der Waals surface area contributed by atoms with E-state index in [0.717, 1.165) is 0 Å². The third-order valence-corrected chi connectivity index (χ3v) is 8.32. The predicted molar refractivity (Wildman–Crippen MR) is 147 cm³/mol. The summed E-state index contributed by atoms with van der Waals surface area (Å²) in [6.07, 6.45) is 0.525. The van der Waals surface area contributed by atoms with Crippen molar-refractivity contribution in [3.8, 4) is 5.75 Å². The normalized spacial score (nSPS) is 25.7. The SMILES string of the molecule is CN(C)c1cc(CNCCCC(=O)O)c(O)c2c1C[C@H]1C[C@H]3[C@@H](N(C)C)C(O)=C(C(N)=O)C(=O)[C@@]3(O)C(O)=C1C2=O. The number of aliphatic hydroxyl groups is 3. The van der Waals surface area contributed by atoms with Crippen molar-refractivity contribution in [2.75, 3.05) is 39.6 Å². The quantitative estimate of drug-likeness (QED) is 0.155. The van der Waals surface area contributed by atoms with Crippen LogP contribution in [0.4, 0.5) is 5.69 Å². The molecule has 3 aliphatic carbocycles. The van der Waals surface area contributed by atoms with Gasteiger partial charge >= 0.3 is 5.97 Å². The Morgan fingerprint density at radius 2 is 1.80 bits per heavy atom. The number of carbonyl (C=O) groups excluding carboxylic acids is 3. The number of hydrogen-bond acceptors (Lipinski definition) is 11. The zero-order valence-corrected chi connectivity index (χ0v) is 23.4. The number of phenols is 1. The fraction of sp³-hybridized carbons (Fsp3) is 0.500. The van der Waals surface area contributed by atoms with Crippen molar-refractivity contribution < 1.29 is 44.7 Å². The summed E-state index contributed by atoms with van der Waals surface area (Å²) in [4.78, 5) is 53.6. The number of aliphatic hydroxyl groups excluding tert-OH is 2. The van der Waals surface area contributed by atoms with Gasteiger partial charge in [-0.2, -0.15) is 0 Å². The number of carbonyl (C=O) groups is 4. The molecule has 41 heavy (non-hydrogen) atoms. The van der Waals surface area contributed by atoms with E-state index in [2.05, 4.69) is 5.32 Å². The average molecular weight is 573 g/mol. The van der Waals surface area contributed by atoms with Crippen molar-refractivity contribution in [1.82, 2.24) is 10.2 Å². The molecular formula is C28H36N4O9. The van der Waals surface area contributed by atoms with E-state index in [4.69, 9.17) is 10.8 Å². The summed E-state index contributed by atoms with van der Waals surface area (Å²) < 4.78 is 0. The minimum atomic E-state index is -2.70. The van der Waals surface area contributed by atoms with E-state index < -0.39 is 64.0 Å². The van der Waals surface area contributed by atoms with E-state index in [1.807, 2.05) is 0 Å². The number of carboxylic acids is 1. The molecule has 1 amide bonds. The second-order valence-corrected chi connectivity index (χ2v) is 11.3. The Hall–Kier alpha value is -3.94. The number of likely N-dealkylation sites (N-methyl/N-ethyl adjacent to an activating group) is 1. The summed E-state index contributed by atoms with van der Waals surface area (Å²) in [5.41, 5.74) is 3.06. The van der Waals surface area contributed by atoms with Crippen LogP contribution in [0, 0.1) is 11.8 Å². The molecule has 13 nitrogen and oxygen atoms in total. The molecule has 1 aromatic rings. The van der Waals surface area contributed by atoms with Crippen molar-refractivity contribution in [2.45, 2.75) is 43.9 Å². The number of allylic oxidation sites excluding steroid dienone is 1. The van der Waals surface area contributed by atoms with Crippen LogP contribution < -0.4 is 16.0 Å². The predicted octanol–water partition coefficient (Wildman–Crippen LogP) is 0.141. The highest BCUT2D eigenvalue weighted by atomic mass is 16.4. The lowest BCUT2D eigenvalue weighted by Gasteiger charge is -2.50. The number of nitrogens with two attached hydrogens (primary N) is 1. The molecule has 0 unspecified atom stereocenters. The molecule has 0 spiro atoms. The number of fused-ring (bicyclic) bond motifs is 3. The number of phenolic OH excluding ortho intramolecular Hbond substituents is 1. The first-order valence-corrected chi connectivity index (χ1v) is 13.3. The van der Waals surface area contributed by atoms with Crippen LogP contribution in [0.2, 0.25) is 0 Å². The van der Waals surface area contributed by atoms with Gasteiger partial charge in [-0.3, -0.25) is 24.1 Å². The van der Waals surface area contributed by atoms with Crippen molar-refractivity contribution in [2.24, 2.45) is 17.6 Å². The Bertz CT molecular complexity index is 1400. The number of ketones is 2. The summed E-state index contributed by atoms with van der Waals surface area (Å²) in [5, 5.41) is 57.2. The Morgan fingerprint density at radius 3 is 2.37 bits per heavy atom. The molecule has 0 fully saturated rings. The van der Waals surface area contributed by atoms with Crippen LogP contribution in [0.15, 0.2) is 28.7 Å². The molecular weight excluding hydrogens is 536 g/mol. The number of nitrogens with zero attached hydrogens (tertiary/aromatic N) is 2. The molecule has 0 heterocycles. The van der Waals surface area contributed by atoms with Gasteiger partial charge in [0.25, 0.3) is 5.91 Å². The average Bonchev–Trinajstić information content (AvgIpc) is 2.86. The van der Waals surface area contributed by atoms with Gasteiger partial charge in [-0.15, -0.1) is 0 Å². The van der Waals surface area contributed by atoms with Crippen LogP contribution in [-0.2, 0) is 27.3 Å². The molecule has 0 aromatic heterocycles. The number of primary amides is 1. The fourth-order valence-electron chi connectivity index (χ4n) is 6.47.